The van der Waals surface area contributed by atoms with Crippen LogP contribution in [0.3, 0.4) is 0 Å². The Labute approximate surface area is 298 Å². The summed E-state index contributed by atoms with van der Waals surface area (Å²) in [5.74, 6) is 0. The molecule has 0 aliphatic carbocycles. The van der Waals surface area contributed by atoms with Crippen LogP contribution in [0.1, 0.15) is 0 Å². The fourth-order valence-electron chi connectivity index (χ4n) is 7.91. The molecule has 0 unspecified atom stereocenters. The molecule has 0 saturated heterocycles. The lowest BCUT2D eigenvalue weighted by Gasteiger charge is -2.25. The lowest BCUT2D eigenvalue weighted by molar-refractivity contribution is 0.662. The van der Waals surface area contributed by atoms with Crippen molar-refractivity contribution in [3.05, 3.63) is 176 Å². The van der Waals surface area contributed by atoms with Crippen molar-refractivity contribution in [1.82, 2.24) is 0 Å². The fraction of sp³-hybridized carbons (Fsp3) is 0. The molecule has 4 nitrogen and oxygen atoms in total. The van der Waals surface area contributed by atoms with E-state index in [9.17, 15) is 0 Å². The van der Waals surface area contributed by atoms with Crippen LogP contribution in [-0.4, -0.2) is 0 Å². The summed E-state index contributed by atoms with van der Waals surface area (Å²) in [6.45, 7) is 0. The van der Waals surface area contributed by atoms with Crippen LogP contribution in [0.2, 0.25) is 0 Å². The van der Waals surface area contributed by atoms with E-state index < -0.39 is 0 Å². The van der Waals surface area contributed by atoms with Gasteiger partial charge in [0.05, 0.1) is 0 Å². The number of anilines is 3. The summed E-state index contributed by atoms with van der Waals surface area (Å²) in [6.07, 6.45) is 0. The van der Waals surface area contributed by atoms with Crippen molar-refractivity contribution in [3.8, 4) is 22.3 Å². The maximum Gasteiger partial charge on any atom is 0.143 e. The zero-order chi connectivity index (χ0) is 34.2. The Morgan fingerprint density at radius 1 is 0.308 bits per heavy atom. The van der Waals surface area contributed by atoms with Crippen molar-refractivity contribution in [2.75, 3.05) is 4.90 Å². The molecule has 244 valence electrons. The van der Waals surface area contributed by atoms with E-state index in [1.807, 2.05) is 36.4 Å². The van der Waals surface area contributed by atoms with Crippen molar-refractivity contribution in [1.29, 1.82) is 0 Å². The van der Waals surface area contributed by atoms with Gasteiger partial charge in [0, 0.05) is 60.5 Å². The third-order valence-corrected chi connectivity index (χ3v) is 10.3. The van der Waals surface area contributed by atoms with E-state index in [1.54, 1.807) is 0 Å². The number of para-hydroxylation sites is 5. The first-order valence-electron chi connectivity index (χ1n) is 17.5. The molecule has 52 heavy (non-hydrogen) atoms. The molecule has 0 aliphatic rings. The number of hydrogen-bond donors (Lipinski definition) is 0. The van der Waals surface area contributed by atoms with Gasteiger partial charge in [0.15, 0.2) is 0 Å². The largest absolute Gasteiger partial charge is 0.456 e. The van der Waals surface area contributed by atoms with Crippen molar-refractivity contribution >= 4 is 82.9 Å². The Bertz CT molecular complexity index is 3070. The zero-order valence-corrected chi connectivity index (χ0v) is 27.9. The summed E-state index contributed by atoms with van der Waals surface area (Å²) < 4.78 is 19.8. The van der Waals surface area contributed by atoms with Crippen LogP contribution in [0, 0.1) is 0 Å². The third-order valence-electron chi connectivity index (χ3n) is 10.3. The molecule has 11 aromatic rings. The summed E-state index contributed by atoms with van der Waals surface area (Å²) in [5.41, 5.74) is 12.5. The average molecular weight is 668 g/mol. The molecule has 0 fully saturated rings. The van der Waals surface area contributed by atoms with Gasteiger partial charge in [0.1, 0.15) is 33.5 Å². The second-order valence-electron chi connectivity index (χ2n) is 13.2. The normalized spacial score (nSPS) is 11.8. The SMILES string of the molecule is c1ccc(N(c2ccccc2)c2ccc(-c3cc(-c4cccc5c4oc4ccccc45)c4oc5ccc6oc7ccccc7c6c5c4c3)cc2)cc1. The molecule has 0 radical (unpaired) electrons. The number of rotatable bonds is 5. The summed E-state index contributed by atoms with van der Waals surface area (Å²) in [4.78, 5) is 2.28. The first kappa shape index (κ1) is 28.8. The van der Waals surface area contributed by atoms with E-state index in [4.69, 9.17) is 13.3 Å². The first-order valence-corrected chi connectivity index (χ1v) is 17.5. The minimum absolute atomic E-state index is 0.820. The van der Waals surface area contributed by atoms with Gasteiger partial charge < -0.3 is 18.2 Å². The van der Waals surface area contributed by atoms with E-state index in [0.717, 1.165) is 105 Å². The number of furan rings is 3. The molecule has 3 aromatic heterocycles. The van der Waals surface area contributed by atoms with Gasteiger partial charge in [-0.1, -0.05) is 103 Å². The minimum atomic E-state index is 0.820. The van der Waals surface area contributed by atoms with Gasteiger partial charge >= 0.3 is 0 Å². The Hall–Kier alpha value is -7.04. The van der Waals surface area contributed by atoms with Crippen LogP contribution in [0.15, 0.2) is 189 Å². The predicted molar refractivity (Wildman–Crippen MR) is 214 cm³/mol. The molecule has 11 rings (SSSR count). The Morgan fingerprint density at radius 2 is 0.846 bits per heavy atom. The maximum atomic E-state index is 6.84. The molecule has 0 bridgehead atoms. The molecule has 0 amide bonds. The monoisotopic (exact) mass is 667 g/mol. The van der Waals surface area contributed by atoms with Crippen LogP contribution in [0.4, 0.5) is 17.1 Å². The van der Waals surface area contributed by atoms with Gasteiger partial charge in [-0.15, -0.1) is 0 Å². The molecule has 0 atom stereocenters. The highest BCUT2D eigenvalue weighted by atomic mass is 16.3. The average Bonchev–Trinajstić information content (AvgIpc) is 3.90. The topological polar surface area (TPSA) is 42.7 Å². The Balaban J connectivity index is 1.17. The van der Waals surface area contributed by atoms with Crippen molar-refractivity contribution in [2.24, 2.45) is 0 Å². The fourth-order valence-corrected chi connectivity index (χ4v) is 7.91. The van der Waals surface area contributed by atoms with Crippen LogP contribution in [-0.2, 0) is 0 Å². The number of nitrogens with zero attached hydrogens (tertiary/aromatic N) is 1. The van der Waals surface area contributed by atoms with Crippen LogP contribution < -0.4 is 4.90 Å². The highest BCUT2D eigenvalue weighted by Crippen LogP contribution is 2.46. The smallest absolute Gasteiger partial charge is 0.143 e. The van der Waals surface area contributed by atoms with Gasteiger partial charge in [0.25, 0.3) is 0 Å². The number of fused-ring (bicyclic) bond motifs is 10. The van der Waals surface area contributed by atoms with Gasteiger partial charge in [0.2, 0.25) is 0 Å². The molecule has 0 N–H and O–H groups in total. The predicted octanol–water partition coefficient (Wildman–Crippen LogP) is 14.2. The molecule has 0 aliphatic heterocycles. The first-order chi connectivity index (χ1) is 25.8. The van der Waals surface area contributed by atoms with E-state index in [1.165, 1.54) is 0 Å². The van der Waals surface area contributed by atoms with Gasteiger partial charge in [-0.25, -0.2) is 0 Å². The maximum absolute atomic E-state index is 6.84. The molecule has 0 saturated carbocycles. The van der Waals surface area contributed by atoms with Crippen molar-refractivity contribution in [2.45, 2.75) is 0 Å². The van der Waals surface area contributed by atoms with Crippen molar-refractivity contribution < 1.29 is 13.3 Å². The second-order valence-corrected chi connectivity index (χ2v) is 13.2. The number of benzene rings is 8. The van der Waals surface area contributed by atoms with E-state index >= 15 is 0 Å². The molecule has 8 aromatic carbocycles. The molecule has 4 heteroatoms. The standard InChI is InChI=1S/C48H29NO3/c1-3-12-32(13-4-1)49(33-14-5-2-6-15-33)34-24-22-30(23-25-34)31-28-39(37-19-11-18-36-35-16-7-9-20-41(35)51-47(36)37)48-40(29-31)46-44(52-48)27-26-43-45(46)38-17-8-10-21-42(38)50-43/h1-29H. The Kier molecular flexibility index (Phi) is 6.22. The van der Waals surface area contributed by atoms with Gasteiger partial charge in [-0.05, 0) is 83.9 Å². The molecular formula is C48H29NO3. The second kappa shape index (κ2) is 11.2. The highest BCUT2D eigenvalue weighted by Gasteiger charge is 2.22. The van der Waals surface area contributed by atoms with Crippen LogP contribution in [0.5, 0.6) is 0 Å². The van der Waals surface area contributed by atoms with Crippen LogP contribution >= 0.6 is 0 Å². The van der Waals surface area contributed by atoms with E-state index in [2.05, 4.69) is 144 Å². The molecule has 3 heterocycles. The summed E-state index contributed by atoms with van der Waals surface area (Å²) in [7, 11) is 0. The lowest BCUT2D eigenvalue weighted by Crippen LogP contribution is -2.09. The van der Waals surface area contributed by atoms with E-state index in [0.29, 0.717) is 0 Å². The van der Waals surface area contributed by atoms with E-state index in [-0.39, 0.29) is 0 Å². The Morgan fingerprint density at radius 3 is 1.58 bits per heavy atom. The lowest BCUT2D eigenvalue weighted by atomic mass is 9.94. The number of hydrogen-bond acceptors (Lipinski definition) is 4. The van der Waals surface area contributed by atoms with Crippen LogP contribution in [0.25, 0.3) is 88.1 Å². The van der Waals surface area contributed by atoms with Gasteiger partial charge in [-0.3, -0.25) is 0 Å². The summed E-state index contributed by atoms with van der Waals surface area (Å²) >= 11 is 0. The highest BCUT2D eigenvalue weighted by molar-refractivity contribution is 6.27. The molecular weight excluding hydrogens is 639 g/mol. The minimum Gasteiger partial charge on any atom is -0.456 e. The molecule has 0 spiro atoms. The summed E-state index contributed by atoms with van der Waals surface area (Å²) in [5, 5.41) is 6.40. The third kappa shape index (κ3) is 4.34. The summed E-state index contributed by atoms with van der Waals surface area (Å²) in [6, 6.07) is 61.2. The quantitative estimate of drug-likeness (QED) is 0.183. The van der Waals surface area contributed by atoms with Crippen molar-refractivity contribution in [3.63, 3.8) is 0 Å². The van der Waals surface area contributed by atoms with Gasteiger partial charge in [-0.2, -0.15) is 0 Å². The zero-order valence-electron chi connectivity index (χ0n) is 27.9.